The molecule has 2 aromatic carbocycles. The van der Waals surface area contributed by atoms with Crippen LogP contribution in [0.15, 0.2) is 65.6 Å². The molecule has 7 heteroatoms. The van der Waals surface area contributed by atoms with E-state index in [-0.39, 0.29) is 11.5 Å². The fraction of sp³-hybridized carbons (Fsp3) is 0.143. The van der Waals surface area contributed by atoms with Gasteiger partial charge < -0.3 is 19.4 Å². The zero-order valence-corrected chi connectivity index (χ0v) is 15.6. The number of fused-ring (bicyclic) bond motifs is 1. The lowest BCUT2D eigenvalue weighted by Gasteiger charge is -2.18. The van der Waals surface area contributed by atoms with Crippen LogP contribution >= 0.6 is 11.6 Å². The summed E-state index contributed by atoms with van der Waals surface area (Å²) in [6.45, 7) is 1.25. The van der Waals surface area contributed by atoms with Crippen molar-refractivity contribution < 1.29 is 14.3 Å². The molecule has 0 saturated carbocycles. The van der Waals surface area contributed by atoms with Gasteiger partial charge in [-0.1, -0.05) is 29.8 Å². The van der Waals surface area contributed by atoms with Gasteiger partial charge in [0.1, 0.15) is 13.2 Å². The van der Waals surface area contributed by atoms with Gasteiger partial charge in [-0.15, -0.1) is 0 Å². The first kappa shape index (κ1) is 18.1. The van der Waals surface area contributed by atoms with Crippen LogP contribution in [0.25, 0.3) is 0 Å². The minimum atomic E-state index is -0.306. The number of carbonyl (C=O) groups is 1. The second-order valence-corrected chi connectivity index (χ2v) is 6.70. The molecular formula is C21H17ClN2O4. The minimum Gasteiger partial charge on any atom is -0.486 e. The Hall–Kier alpha value is -3.25. The Balaban J connectivity index is 1.54. The van der Waals surface area contributed by atoms with Gasteiger partial charge in [-0.05, 0) is 35.9 Å². The average molecular weight is 397 g/mol. The van der Waals surface area contributed by atoms with Crippen LogP contribution < -0.4 is 20.3 Å². The fourth-order valence-electron chi connectivity index (χ4n) is 2.93. The maximum Gasteiger partial charge on any atom is 0.255 e. The maximum atomic E-state index is 12.6. The minimum absolute atomic E-state index is 0.183. The third kappa shape index (κ3) is 3.87. The van der Waals surface area contributed by atoms with Crippen LogP contribution in [-0.4, -0.2) is 23.7 Å². The van der Waals surface area contributed by atoms with Crippen LogP contribution in [0.3, 0.4) is 0 Å². The topological polar surface area (TPSA) is 69.6 Å². The van der Waals surface area contributed by atoms with E-state index in [1.165, 1.54) is 10.6 Å². The SMILES string of the molecule is O=C(Nc1ccc(=O)n(Cc2ccccc2Cl)c1)c1ccc2c(c1)OCCO2. The Morgan fingerprint density at radius 2 is 1.82 bits per heavy atom. The molecule has 0 aliphatic carbocycles. The summed E-state index contributed by atoms with van der Waals surface area (Å²) in [6.07, 6.45) is 1.60. The summed E-state index contributed by atoms with van der Waals surface area (Å²) in [6, 6.07) is 15.3. The molecule has 6 nitrogen and oxygen atoms in total. The van der Waals surface area contributed by atoms with E-state index < -0.39 is 0 Å². The summed E-state index contributed by atoms with van der Waals surface area (Å²) in [7, 11) is 0. The van der Waals surface area contributed by atoms with E-state index in [1.807, 2.05) is 18.2 Å². The molecule has 1 aromatic heterocycles. The number of carbonyl (C=O) groups excluding carboxylic acids is 1. The molecule has 4 rings (SSSR count). The molecule has 0 saturated heterocycles. The second kappa shape index (κ2) is 7.78. The van der Waals surface area contributed by atoms with Crippen LogP contribution in [-0.2, 0) is 6.54 Å². The fourth-order valence-corrected chi connectivity index (χ4v) is 3.12. The first-order chi connectivity index (χ1) is 13.6. The highest BCUT2D eigenvalue weighted by Gasteiger charge is 2.15. The smallest absolute Gasteiger partial charge is 0.255 e. The van der Waals surface area contributed by atoms with Crippen molar-refractivity contribution in [3.8, 4) is 11.5 Å². The first-order valence-electron chi connectivity index (χ1n) is 8.75. The lowest BCUT2D eigenvalue weighted by atomic mass is 10.1. The molecule has 0 bridgehead atoms. The van der Waals surface area contributed by atoms with Gasteiger partial charge in [0, 0.05) is 22.8 Å². The molecule has 0 atom stereocenters. The lowest BCUT2D eigenvalue weighted by molar-refractivity contribution is 0.102. The molecular weight excluding hydrogens is 380 g/mol. The summed E-state index contributed by atoms with van der Waals surface area (Å²) in [5.74, 6) is 0.860. The molecule has 0 fully saturated rings. The number of nitrogens with zero attached hydrogens (tertiary/aromatic N) is 1. The number of hydrogen-bond acceptors (Lipinski definition) is 4. The number of nitrogens with one attached hydrogen (secondary N) is 1. The number of ether oxygens (including phenoxy) is 2. The van der Waals surface area contributed by atoms with Crippen molar-refractivity contribution in [3.63, 3.8) is 0 Å². The van der Waals surface area contributed by atoms with Gasteiger partial charge in [0.2, 0.25) is 0 Å². The van der Waals surface area contributed by atoms with Crippen LogP contribution in [0.2, 0.25) is 5.02 Å². The highest BCUT2D eigenvalue weighted by atomic mass is 35.5. The Bertz CT molecular complexity index is 1090. The van der Waals surface area contributed by atoms with Gasteiger partial charge >= 0.3 is 0 Å². The monoisotopic (exact) mass is 396 g/mol. The summed E-state index contributed by atoms with van der Waals surface area (Å²) in [5, 5.41) is 3.39. The molecule has 0 spiro atoms. The number of hydrogen-bond donors (Lipinski definition) is 1. The standard InChI is InChI=1S/C21H17ClN2O4/c22-17-4-2-1-3-15(17)12-24-13-16(6-8-20(24)25)23-21(26)14-5-7-18-19(11-14)28-10-9-27-18/h1-8,11,13H,9-10,12H2,(H,23,26). The molecule has 3 aromatic rings. The first-order valence-corrected chi connectivity index (χ1v) is 9.13. The Morgan fingerprint density at radius 1 is 1.04 bits per heavy atom. The molecule has 1 amide bonds. The van der Waals surface area contributed by atoms with Crippen LogP contribution in [0.1, 0.15) is 15.9 Å². The number of anilines is 1. The van der Waals surface area contributed by atoms with Crippen LogP contribution in [0, 0.1) is 0 Å². The molecule has 0 radical (unpaired) electrons. The zero-order chi connectivity index (χ0) is 19.5. The number of rotatable bonds is 4. The predicted octanol–water partition coefficient (Wildman–Crippen LogP) is 3.57. The average Bonchev–Trinajstić information content (AvgIpc) is 2.71. The van der Waals surface area contributed by atoms with Crippen molar-refractivity contribution in [3.05, 3.63) is 87.3 Å². The summed E-state index contributed by atoms with van der Waals surface area (Å²) < 4.78 is 12.5. The summed E-state index contributed by atoms with van der Waals surface area (Å²) >= 11 is 6.18. The van der Waals surface area contributed by atoms with Crippen LogP contribution in [0.4, 0.5) is 5.69 Å². The van der Waals surface area contributed by atoms with Crippen LogP contribution in [0.5, 0.6) is 11.5 Å². The van der Waals surface area contributed by atoms with Crippen molar-refractivity contribution in [2.75, 3.05) is 18.5 Å². The number of halogens is 1. The molecule has 1 aliphatic rings. The van der Waals surface area contributed by atoms with Crippen molar-refractivity contribution >= 4 is 23.2 Å². The van der Waals surface area contributed by atoms with Crippen molar-refractivity contribution in [1.29, 1.82) is 0 Å². The number of amides is 1. The van der Waals surface area contributed by atoms with E-state index in [1.54, 1.807) is 36.5 Å². The van der Waals surface area contributed by atoms with E-state index in [0.717, 1.165) is 5.56 Å². The summed E-state index contributed by atoms with van der Waals surface area (Å²) in [5.41, 5.74) is 1.58. The molecule has 1 N–H and O–H groups in total. The summed E-state index contributed by atoms with van der Waals surface area (Å²) in [4.78, 5) is 24.8. The number of aromatic nitrogens is 1. The van der Waals surface area contributed by atoms with E-state index in [2.05, 4.69) is 5.32 Å². The van der Waals surface area contributed by atoms with E-state index in [4.69, 9.17) is 21.1 Å². The van der Waals surface area contributed by atoms with Crippen molar-refractivity contribution in [1.82, 2.24) is 4.57 Å². The highest BCUT2D eigenvalue weighted by molar-refractivity contribution is 6.31. The number of pyridine rings is 1. The molecule has 0 unspecified atom stereocenters. The third-order valence-electron chi connectivity index (χ3n) is 4.34. The Morgan fingerprint density at radius 3 is 2.64 bits per heavy atom. The Kier molecular flexibility index (Phi) is 5.04. The van der Waals surface area contributed by atoms with Gasteiger partial charge in [-0.2, -0.15) is 0 Å². The van der Waals surface area contributed by atoms with Gasteiger partial charge in [-0.25, -0.2) is 0 Å². The normalized spacial score (nSPS) is 12.5. The maximum absolute atomic E-state index is 12.6. The van der Waals surface area contributed by atoms with Crippen molar-refractivity contribution in [2.45, 2.75) is 6.54 Å². The largest absolute Gasteiger partial charge is 0.486 e. The van der Waals surface area contributed by atoms with Gasteiger partial charge in [-0.3, -0.25) is 9.59 Å². The Labute approximate surface area is 166 Å². The van der Waals surface area contributed by atoms with E-state index in [9.17, 15) is 9.59 Å². The van der Waals surface area contributed by atoms with Gasteiger partial charge in [0.05, 0.1) is 12.2 Å². The lowest BCUT2D eigenvalue weighted by Crippen LogP contribution is -2.21. The molecule has 28 heavy (non-hydrogen) atoms. The third-order valence-corrected chi connectivity index (χ3v) is 4.71. The molecule has 142 valence electrons. The van der Waals surface area contributed by atoms with Gasteiger partial charge in [0.15, 0.2) is 11.5 Å². The zero-order valence-electron chi connectivity index (χ0n) is 14.9. The second-order valence-electron chi connectivity index (χ2n) is 6.29. The molecule has 1 aliphatic heterocycles. The predicted molar refractivity (Wildman–Crippen MR) is 107 cm³/mol. The van der Waals surface area contributed by atoms with Crippen molar-refractivity contribution in [2.24, 2.45) is 0 Å². The van der Waals surface area contributed by atoms with Gasteiger partial charge in [0.25, 0.3) is 11.5 Å². The number of benzene rings is 2. The highest BCUT2D eigenvalue weighted by Crippen LogP contribution is 2.31. The quantitative estimate of drug-likeness (QED) is 0.732. The molecule has 2 heterocycles. The van der Waals surface area contributed by atoms with E-state index in [0.29, 0.717) is 47.5 Å². The van der Waals surface area contributed by atoms with E-state index >= 15 is 0 Å².